The van der Waals surface area contributed by atoms with Crippen molar-refractivity contribution in [1.82, 2.24) is 10.2 Å². The first-order chi connectivity index (χ1) is 10.4. The Morgan fingerprint density at radius 2 is 2.23 bits per heavy atom. The van der Waals surface area contributed by atoms with Crippen LogP contribution < -0.4 is 5.32 Å². The zero-order chi connectivity index (χ0) is 16.3. The molecule has 0 radical (unpaired) electrons. The summed E-state index contributed by atoms with van der Waals surface area (Å²) in [7, 11) is 0. The molecule has 124 valence electrons. The van der Waals surface area contributed by atoms with Crippen LogP contribution in [-0.2, 0) is 14.3 Å². The fraction of sp³-hybridized carbons (Fsp3) is 0.714. The summed E-state index contributed by atoms with van der Waals surface area (Å²) in [5, 5.41) is 12.7. The summed E-state index contributed by atoms with van der Waals surface area (Å²) in [5.41, 5.74) is 0. The molecule has 2 aliphatic rings. The fourth-order valence-electron chi connectivity index (χ4n) is 2.44. The number of alkyl halides is 2. The number of unbranched alkanes of at least 4 members (excludes halogenated alkanes) is 1. The Morgan fingerprint density at radius 3 is 2.86 bits per heavy atom. The van der Waals surface area contributed by atoms with Crippen LogP contribution in [0.25, 0.3) is 0 Å². The highest BCUT2D eigenvalue weighted by molar-refractivity contribution is 6.06. The zero-order valence-corrected chi connectivity index (χ0v) is 12.3. The van der Waals surface area contributed by atoms with Gasteiger partial charge in [-0.15, -0.1) is 0 Å². The first-order valence-electron chi connectivity index (χ1n) is 7.32. The summed E-state index contributed by atoms with van der Waals surface area (Å²) in [5.74, 6) is -4.80. The second-order valence-electron chi connectivity index (χ2n) is 5.46. The van der Waals surface area contributed by atoms with Crippen molar-refractivity contribution in [3.63, 3.8) is 0 Å². The highest BCUT2D eigenvalue weighted by Gasteiger charge is 2.61. The number of allylic oxidation sites excluding steroid dienone is 1. The number of ether oxygens (including phenoxy) is 1. The monoisotopic (exact) mass is 318 g/mol. The van der Waals surface area contributed by atoms with E-state index in [2.05, 4.69) is 5.32 Å². The third-order valence-corrected chi connectivity index (χ3v) is 3.72. The van der Waals surface area contributed by atoms with Crippen LogP contribution in [0.2, 0.25) is 0 Å². The summed E-state index contributed by atoms with van der Waals surface area (Å²) in [6, 6.07) is 0. The van der Waals surface area contributed by atoms with E-state index in [0.29, 0.717) is 11.4 Å². The maximum atomic E-state index is 14.2. The van der Waals surface area contributed by atoms with Crippen molar-refractivity contribution in [3.8, 4) is 0 Å². The van der Waals surface area contributed by atoms with E-state index in [1.54, 1.807) is 0 Å². The van der Waals surface area contributed by atoms with Crippen LogP contribution in [0.15, 0.2) is 12.3 Å². The van der Waals surface area contributed by atoms with Gasteiger partial charge in [-0.05, 0) is 19.0 Å². The van der Waals surface area contributed by atoms with Crippen molar-refractivity contribution in [2.24, 2.45) is 0 Å². The standard InChI is InChI=1S/C14H20F2N2O4/c1-2-3-5-17-8-10-12(21)14(15,16)13(22-10)18-6-4-9(19)7-11(18)20/h4,6,10,12-13,17,21H,2-3,5,7-8H2,1H3/t10-,12-,13-/m1/s1. The van der Waals surface area contributed by atoms with Crippen molar-refractivity contribution < 1.29 is 28.2 Å². The second kappa shape index (κ2) is 6.80. The smallest absolute Gasteiger partial charge is 0.320 e. The Morgan fingerprint density at radius 1 is 1.50 bits per heavy atom. The third kappa shape index (κ3) is 3.34. The number of aliphatic hydroxyl groups excluding tert-OH is 1. The van der Waals surface area contributed by atoms with Crippen molar-refractivity contribution in [2.45, 2.75) is 50.5 Å². The molecule has 1 saturated heterocycles. The molecule has 1 fully saturated rings. The molecule has 22 heavy (non-hydrogen) atoms. The van der Waals surface area contributed by atoms with E-state index in [1.165, 1.54) is 0 Å². The molecular weight excluding hydrogens is 298 g/mol. The van der Waals surface area contributed by atoms with Gasteiger partial charge in [0.1, 0.15) is 12.2 Å². The lowest BCUT2D eigenvalue weighted by molar-refractivity contribution is -0.172. The topological polar surface area (TPSA) is 78.9 Å². The average Bonchev–Trinajstić information content (AvgIpc) is 2.67. The number of ketones is 1. The van der Waals surface area contributed by atoms with E-state index in [4.69, 9.17) is 4.74 Å². The third-order valence-electron chi connectivity index (χ3n) is 3.72. The number of carbonyl (C=O) groups is 2. The predicted octanol–water partition coefficient (Wildman–Crippen LogP) is 0.412. The zero-order valence-electron chi connectivity index (χ0n) is 12.3. The Hall–Kier alpha value is -1.38. The van der Waals surface area contributed by atoms with Crippen LogP contribution in [0.1, 0.15) is 26.2 Å². The number of halogens is 2. The van der Waals surface area contributed by atoms with E-state index in [-0.39, 0.29) is 6.54 Å². The minimum atomic E-state index is -3.60. The molecule has 3 atom stereocenters. The minimum Gasteiger partial charge on any atom is -0.384 e. The SMILES string of the molecule is CCCCNC[C@H]1O[C@@H](N2C=CC(=O)CC2=O)C(F)(F)[C@@H]1O. The predicted molar refractivity (Wildman–Crippen MR) is 73.0 cm³/mol. The quantitative estimate of drug-likeness (QED) is 0.548. The molecule has 2 aliphatic heterocycles. The number of nitrogens with one attached hydrogen (secondary N) is 1. The van der Waals surface area contributed by atoms with E-state index in [1.807, 2.05) is 6.92 Å². The number of carbonyl (C=O) groups excluding carboxylic acids is 2. The Labute approximate surface area is 127 Å². The Balaban J connectivity index is 2.04. The largest absolute Gasteiger partial charge is 0.384 e. The molecule has 8 heteroatoms. The first-order valence-corrected chi connectivity index (χ1v) is 7.32. The summed E-state index contributed by atoms with van der Waals surface area (Å²) < 4.78 is 33.5. The lowest BCUT2D eigenvalue weighted by Crippen LogP contribution is -2.50. The fourth-order valence-corrected chi connectivity index (χ4v) is 2.44. The highest BCUT2D eigenvalue weighted by atomic mass is 19.3. The molecule has 2 N–H and O–H groups in total. The van der Waals surface area contributed by atoms with Gasteiger partial charge in [-0.2, -0.15) is 8.78 Å². The van der Waals surface area contributed by atoms with Gasteiger partial charge < -0.3 is 15.2 Å². The van der Waals surface area contributed by atoms with Crippen LogP contribution in [-0.4, -0.2) is 59.1 Å². The maximum Gasteiger partial charge on any atom is 0.320 e. The number of nitrogens with zero attached hydrogens (tertiary/aromatic N) is 1. The summed E-state index contributed by atoms with van der Waals surface area (Å²) in [6.45, 7) is 2.71. The van der Waals surface area contributed by atoms with Gasteiger partial charge >= 0.3 is 5.92 Å². The molecule has 0 spiro atoms. The van der Waals surface area contributed by atoms with Crippen molar-refractivity contribution in [3.05, 3.63) is 12.3 Å². The van der Waals surface area contributed by atoms with Crippen LogP contribution in [0.5, 0.6) is 0 Å². The summed E-state index contributed by atoms with van der Waals surface area (Å²) in [4.78, 5) is 23.5. The van der Waals surface area contributed by atoms with Crippen molar-refractivity contribution in [2.75, 3.05) is 13.1 Å². The van der Waals surface area contributed by atoms with E-state index < -0.39 is 42.5 Å². The summed E-state index contributed by atoms with van der Waals surface area (Å²) >= 11 is 0. The molecule has 6 nitrogen and oxygen atoms in total. The molecule has 0 aliphatic carbocycles. The van der Waals surface area contributed by atoms with Crippen LogP contribution in [0.3, 0.4) is 0 Å². The summed E-state index contributed by atoms with van der Waals surface area (Å²) in [6.07, 6.45) is -1.59. The first kappa shape index (κ1) is 17.0. The van der Waals surface area contributed by atoms with Gasteiger partial charge in [-0.25, -0.2) is 0 Å². The molecule has 1 amide bonds. The molecule has 2 heterocycles. The van der Waals surface area contributed by atoms with Gasteiger partial charge in [-0.1, -0.05) is 13.3 Å². The molecule has 0 unspecified atom stereocenters. The Kier molecular flexibility index (Phi) is 5.25. The molecule has 0 aromatic rings. The maximum absolute atomic E-state index is 14.2. The molecule has 0 aromatic heterocycles. The van der Waals surface area contributed by atoms with Crippen molar-refractivity contribution >= 4 is 11.7 Å². The van der Waals surface area contributed by atoms with Gasteiger partial charge in [-0.3, -0.25) is 14.5 Å². The highest BCUT2D eigenvalue weighted by Crippen LogP contribution is 2.38. The number of hydrogen-bond acceptors (Lipinski definition) is 5. The van der Waals surface area contributed by atoms with Gasteiger partial charge in [0, 0.05) is 12.7 Å². The molecular formula is C14H20F2N2O4. The van der Waals surface area contributed by atoms with Crippen LogP contribution in [0.4, 0.5) is 8.78 Å². The van der Waals surface area contributed by atoms with E-state index >= 15 is 0 Å². The number of hydrogen-bond donors (Lipinski definition) is 2. The van der Waals surface area contributed by atoms with Crippen LogP contribution >= 0.6 is 0 Å². The number of amides is 1. The Bertz CT molecular complexity index is 470. The minimum absolute atomic E-state index is 0.0674. The van der Waals surface area contributed by atoms with Crippen molar-refractivity contribution in [1.29, 1.82) is 0 Å². The number of rotatable bonds is 6. The van der Waals surface area contributed by atoms with Crippen LogP contribution in [0, 0.1) is 0 Å². The van der Waals surface area contributed by atoms with Gasteiger partial charge in [0.15, 0.2) is 5.78 Å². The lowest BCUT2D eigenvalue weighted by atomic mass is 10.1. The molecule has 0 aromatic carbocycles. The van der Waals surface area contributed by atoms with E-state index in [0.717, 1.165) is 25.1 Å². The number of aliphatic hydroxyl groups is 1. The normalized spacial score (nSPS) is 31.1. The van der Waals surface area contributed by atoms with Gasteiger partial charge in [0.2, 0.25) is 12.1 Å². The van der Waals surface area contributed by atoms with E-state index in [9.17, 15) is 23.5 Å². The lowest BCUT2D eigenvalue weighted by Gasteiger charge is -2.30. The average molecular weight is 318 g/mol. The second-order valence-corrected chi connectivity index (χ2v) is 5.46. The molecule has 0 saturated carbocycles. The molecule has 0 bridgehead atoms. The van der Waals surface area contributed by atoms with Gasteiger partial charge in [0.05, 0.1) is 6.42 Å². The molecule has 2 rings (SSSR count). The van der Waals surface area contributed by atoms with Gasteiger partial charge in [0.25, 0.3) is 0 Å².